The summed E-state index contributed by atoms with van der Waals surface area (Å²) in [5.74, 6) is 1.74. The van der Waals surface area contributed by atoms with Crippen LogP contribution in [-0.4, -0.2) is 53.3 Å². The van der Waals surface area contributed by atoms with Crippen LogP contribution in [-0.2, 0) is 10.5 Å². The third kappa shape index (κ3) is 5.42. The Balaban J connectivity index is 1.55. The maximum atomic E-state index is 5.44. The molecule has 2 unspecified atom stereocenters. The first-order chi connectivity index (χ1) is 12.2. The van der Waals surface area contributed by atoms with Crippen molar-refractivity contribution in [2.75, 3.05) is 31.6 Å². The lowest BCUT2D eigenvalue weighted by molar-refractivity contribution is 0.0175. The molecule has 0 amide bonds. The highest BCUT2D eigenvalue weighted by atomic mass is 32.2. The first kappa shape index (κ1) is 18.2. The normalized spacial score (nSPS) is 17.8. The predicted molar refractivity (Wildman–Crippen MR) is 103 cm³/mol. The van der Waals surface area contributed by atoms with Gasteiger partial charge in [-0.05, 0) is 19.4 Å². The number of anilines is 1. The number of benzene rings is 1. The van der Waals surface area contributed by atoms with Crippen molar-refractivity contribution in [1.29, 1.82) is 0 Å². The van der Waals surface area contributed by atoms with E-state index in [1.807, 2.05) is 12.3 Å². The molecule has 1 fully saturated rings. The first-order valence-corrected chi connectivity index (χ1v) is 9.78. The van der Waals surface area contributed by atoms with Gasteiger partial charge in [-0.15, -0.1) is 11.8 Å². The highest BCUT2D eigenvalue weighted by Gasteiger charge is 2.22. The van der Waals surface area contributed by atoms with Gasteiger partial charge in [-0.25, -0.2) is 4.98 Å². The molecule has 1 aromatic carbocycles. The first-order valence-electron chi connectivity index (χ1n) is 8.79. The molecule has 1 saturated heterocycles. The van der Waals surface area contributed by atoms with Crippen LogP contribution in [0.4, 0.5) is 5.82 Å². The molecule has 0 bridgehead atoms. The van der Waals surface area contributed by atoms with Crippen molar-refractivity contribution in [2.24, 2.45) is 0 Å². The summed E-state index contributed by atoms with van der Waals surface area (Å²) in [5.41, 5.74) is 1.29. The molecule has 1 aliphatic heterocycles. The van der Waals surface area contributed by atoms with Crippen LogP contribution >= 0.6 is 11.8 Å². The van der Waals surface area contributed by atoms with Gasteiger partial charge in [0, 0.05) is 30.9 Å². The smallest absolute Gasteiger partial charge is 0.146 e. The van der Waals surface area contributed by atoms with E-state index in [-0.39, 0.29) is 0 Å². The van der Waals surface area contributed by atoms with Crippen molar-refractivity contribution < 1.29 is 4.74 Å². The van der Waals surface area contributed by atoms with E-state index in [0.717, 1.165) is 42.9 Å². The maximum Gasteiger partial charge on any atom is 0.146 e. The zero-order valence-corrected chi connectivity index (χ0v) is 15.7. The van der Waals surface area contributed by atoms with Crippen LogP contribution in [0, 0.1) is 0 Å². The van der Waals surface area contributed by atoms with Crippen LogP contribution in [0.15, 0.2) is 47.8 Å². The molecule has 2 atom stereocenters. The minimum absolute atomic E-state index is 0.293. The Morgan fingerprint density at radius 3 is 2.68 bits per heavy atom. The van der Waals surface area contributed by atoms with E-state index < -0.39 is 0 Å². The lowest BCUT2D eigenvalue weighted by atomic mass is 10.1. The van der Waals surface area contributed by atoms with Gasteiger partial charge in [0.05, 0.1) is 25.6 Å². The summed E-state index contributed by atoms with van der Waals surface area (Å²) in [6.45, 7) is 8.08. The van der Waals surface area contributed by atoms with Crippen molar-refractivity contribution in [3.63, 3.8) is 0 Å². The van der Waals surface area contributed by atoms with Gasteiger partial charge < -0.3 is 10.1 Å². The highest BCUT2D eigenvalue weighted by molar-refractivity contribution is 7.98. The van der Waals surface area contributed by atoms with Crippen molar-refractivity contribution in [1.82, 2.24) is 14.9 Å². The maximum absolute atomic E-state index is 5.44. The molecule has 1 N–H and O–H groups in total. The Morgan fingerprint density at radius 1 is 1.16 bits per heavy atom. The molecule has 1 aliphatic rings. The summed E-state index contributed by atoms with van der Waals surface area (Å²) in [4.78, 5) is 11.5. The van der Waals surface area contributed by atoms with Gasteiger partial charge in [0.1, 0.15) is 10.8 Å². The number of aromatic nitrogens is 2. The number of thioether (sulfide) groups is 1. The average molecular weight is 359 g/mol. The van der Waals surface area contributed by atoms with Crippen LogP contribution in [0.5, 0.6) is 0 Å². The fourth-order valence-electron chi connectivity index (χ4n) is 2.87. The third-order valence-electron chi connectivity index (χ3n) is 4.56. The Bertz CT molecular complexity index is 649. The van der Waals surface area contributed by atoms with Gasteiger partial charge in [0.2, 0.25) is 0 Å². The van der Waals surface area contributed by atoms with Crippen molar-refractivity contribution in [3.05, 3.63) is 48.3 Å². The van der Waals surface area contributed by atoms with E-state index in [9.17, 15) is 0 Å². The minimum atomic E-state index is 0.293. The summed E-state index contributed by atoms with van der Waals surface area (Å²) in [6, 6.07) is 11.1. The zero-order chi connectivity index (χ0) is 17.5. The molecule has 2 aromatic rings. The second kappa shape index (κ2) is 9.17. The predicted octanol–water partition coefficient (Wildman–Crippen LogP) is 3.29. The van der Waals surface area contributed by atoms with E-state index in [4.69, 9.17) is 9.72 Å². The molecule has 0 spiro atoms. The molecule has 0 radical (unpaired) electrons. The lowest BCUT2D eigenvalue weighted by Crippen LogP contribution is -2.48. The Labute approximate surface area is 154 Å². The van der Waals surface area contributed by atoms with Gasteiger partial charge in [-0.1, -0.05) is 30.3 Å². The van der Waals surface area contributed by atoms with Crippen LogP contribution in [0.3, 0.4) is 0 Å². The third-order valence-corrected chi connectivity index (χ3v) is 5.53. The number of nitrogens with zero attached hydrogens (tertiary/aromatic N) is 3. The van der Waals surface area contributed by atoms with E-state index >= 15 is 0 Å². The number of rotatable bonds is 7. The van der Waals surface area contributed by atoms with Crippen molar-refractivity contribution in [2.45, 2.75) is 36.7 Å². The molecular formula is C19H26N4OS. The zero-order valence-electron chi connectivity index (χ0n) is 14.9. The van der Waals surface area contributed by atoms with Crippen LogP contribution in [0.1, 0.15) is 19.4 Å². The fraction of sp³-hybridized carbons (Fsp3) is 0.474. The van der Waals surface area contributed by atoms with Crippen molar-refractivity contribution in [3.8, 4) is 0 Å². The van der Waals surface area contributed by atoms with Gasteiger partial charge in [0.15, 0.2) is 0 Å². The number of hydrogen-bond acceptors (Lipinski definition) is 6. The molecule has 0 saturated carbocycles. The molecule has 6 heteroatoms. The van der Waals surface area contributed by atoms with Gasteiger partial charge in [-0.3, -0.25) is 9.88 Å². The van der Waals surface area contributed by atoms with E-state index in [1.165, 1.54) is 5.56 Å². The highest BCUT2D eigenvalue weighted by Crippen LogP contribution is 2.21. The Kier molecular flexibility index (Phi) is 6.67. The summed E-state index contributed by atoms with van der Waals surface area (Å²) >= 11 is 1.71. The Morgan fingerprint density at radius 2 is 1.92 bits per heavy atom. The lowest BCUT2D eigenvalue weighted by Gasteiger charge is -2.36. The summed E-state index contributed by atoms with van der Waals surface area (Å²) in [7, 11) is 0. The van der Waals surface area contributed by atoms with Gasteiger partial charge >= 0.3 is 0 Å². The van der Waals surface area contributed by atoms with Crippen molar-refractivity contribution >= 4 is 17.6 Å². The molecule has 25 heavy (non-hydrogen) atoms. The van der Waals surface area contributed by atoms with Gasteiger partial charge in [-0.2, -0.15) is 0 Å². The second-order valence-corrected chi connectivity index (χ2v) is 7.33. The largest absolute Gasteiger partial charge is 0.379 e. The molecule has 5 nitrogen and oxygen atoms in total. The summed E-state index contributed by atoms with van der Waals surface area (Å²) in [5, 5.41) is 4.45. The molecule has 0 aliphatic carbocycles. The quantitative estimate of drug-likeness (QED) is 0.767. The molecular weight excluding hydrogens is 332 g/mol. The SMILES string of the molecule is CC(Nc1cncc(SCc2ccccc2)n1)C(C)N1CCOCC1. The van der Waals surface area contributed by atoms with Gasteiger partial charge in [0.25, 0.3) is 0 Å². The number of morpholine rings is 1. The second-order valence-electron chi connectivity index (χ2n) is 6.34. The topological polar surface area (TPSA) is 50.3 Å². The van der Waals surface area contributed by atoms with E-state index in [2.05, 4.69) is 53.3 Å². The number of nitrogens with one attached hydrogen (secondary N) is 1. The molecule has 1 aromatic heterocycles. The molecule has 2 heterocycles. The van der Waals surface area contributed by atoms with Crippen LogP contribution in [0.2, 0.25) is 0 Å². The monoisotopic (exact) mass is 358 g/mol. The van der Waals surface area contributed by atoms with Crippen LogP contribution < -0.4 is 5.32 Å². The van der Waals surface area contributed by atoms with E-state index in [0.29, 0.717) is 12.1 Å². The van der Waals surface area contributed by atoms with E-state index in [1.54, 1.807) is 18.0 Å². The summed E-state index contributed by atoms with van der Waals surface area (Å²) < 4.78 is 5.44. The molecule has 3 rings (SSSR count). The molecule has 134 valence electrons. The average Bonchev–Trinajstić information content (AvgIpc) is 2.67. The Hall–Kier alpha value is -1.63. The fourth-order valence-corrected chi connectivity index (χ4v) is 3.68. The minimum Gasteiger partial charge on any atom is -0.379 e. The number of hydrogen-bond donors (Lipinski definition) is 1. The standard InChI is InChI=1S/C19H26N4OS/c1-15(16(2)23-8-10-24-11-9-23)21-18-12-20-13-19(22-18)25-14-17-6-4-3-5-7-17/h3-7,12-13,15-16H,8-11,14H2,1-2H3,(H,21,22). The summed E-state index contributed by atoms with van der Waals surface area (Å²) in [6.07, 6.45) is 3.63. The van der Waals surface area contributed by atoms with Crippen LogP contribution in [0.25, 0.3) is 0 Å². The number of ether oxygens (including phenoxy) is 1.